The van der Waals surface area contributed by atoms with Crippen molar-refractivity contribution in [2.24, 2.45) is 5.92 Å². The van der Waals surface area contributed by atoms with Crippen molar-refractivity contribution in [1.82, 2.24) is 9.88 Å². The van der Waals surface area contributed by atoms with E-state index in [2.05, 4.69) is 20.9 Å². The third kappa shape index (κ3) is 2.35. The van der Waals surface area contributed by atoms with E-state index in [0.29, 0.717) is 18.8 Å². The molecule has 0 bridgehead atoms. The van der Waals surface area contributed by atoms with E-state index in [-0.39, 0.29) is 11.8 Å². The Bertz CT molecular complexity index is 425. The van der Waals surface area contributed by atoms with Gasteiger partial charge in [-0.15, -0.1) is 0 Å². The molecule has 0 spiro atoms. The second kappa shape index (κ2) is 4.38. The minimum Gasteiger partial charge on any atom is -0.386 e. The highest BCUT2D eigenvalue weighted by Gasteiger charge is 2.46. The Hall–Kier alpha value is -0.940. The van der Waals surface area contributed by atoms with Crippen molar-refractivity contribution < 1.29 is 9.90 Å². The topological polar surface area (TPSA) is 53.4 Å². The molecule has 0 radical (unpaired) electrons. The number of aromatic nitrogens is 1. The first kappa shape index (κ1) is 12.5. The number of hydrogen-bond acceptors (Lipinski definition) is 3. The van der Waals surface area contributed by atoms with Gasteiger partial charge in [0.15, 0.2) is 0 Å². The molecule has 1 fully saturated rings. The van der Waals surface area contributed by atoms with Gasteiger partial charge in [-0.25, -0.2) is 4.98 Å². The second-order valence-electron chi connectivity index (χ2n) is 4.78. The van der Waals surface area contributed by atoms with Crippen LogP contribution in [0, 0.1) is 5.92 Å². The van der Waals surface area contributed by atoms with Crippen LogP contribution in [0.5, 0.6) is 0 Å². The van der Waals surface area contributed by atoms with Gasteiger partial charge in [0.1, 0.15) is 11.3 Å². The highest BCUT2D eigenvalue weighted by molar-refractivity contribution is 9.10. The molecule has 1 N–H and O–H groups in total. The van der Waals surface area contributed by atoms with Gasteiger partial charge >= 0.3 is 0 Å². The number of nitrogens with zero attached hydrogens (tertiary/aromatic N) is 2. The fourth-order valence-corrected chi connectivity index (χ4v) is 2.02. The fourth-order valence-electron chi connectivity index (χ4n) is 1.79. The van der Waals surface area contributed by atoms with Crippen molar-refractivity contribution in [2.75, 3.05) is 13.1 Å². The minimum absolute atomic E-state index is 0.122. The molecule has 17 heavy (non-hydrogen) atoms. The third-order valence-corrected chi connectivity index (χ3v) is 3.71. The van der Waals surface area contributed by atoms with Crippen molar-refractivity contribution in [3.05, 3.63) is 28.5 Å². The Labute approximate surface area is 109 Å². The molecule has 1 aliphatic heterocycles. The first-order valence-electron chi connectivity index (χ1n) is 5.55. The smallest absolute Gasteiger partial charge is 0.272 e. The molecule has 0 saturated carbocycles. The van der Waals surface area contributed by atoms with Gasteiger partial charge in [0.2, 0.25) is 0 Å². The fraction of sp³-hybridized carbons (Fsp3) is 0.500. The van der Waals surface area contributed by atoms with Crippen LogP contribution in [0.4, 0.5) is 0 Å². The molecule has 0 aromatic carbocycles. The molecule has 1 aromatic heterocycles. The molecule has 5 heteroatoms. The van der Waals surface area contributed by atoms with Crippen molar-refractivity contribution >= 4 is 21.8 Å². The molecule has 2 rings (SSSR count). The van der Waals surface area contributed by atoms with E-state index in [1.165, 1.54) is 0 Å². The number of pyridine rings is 1. The summed E-state index contributed by atoms with van der Waals surface area (Å²) < 4.78 is 0.844. The van der Waals surface area contributed by atoms with E-state index in [1.807, 2.05) is 13.8 Å². The van der Waals surface area contributed by atoms with Crippen LogP contribution in [-0.4, -0.2) is 39.6 Å². The Kier molecular flexibility index (Phi) is 3.23. The number of carbonyl (C=O) groups is 1. The minimum atomic E-state index is -0.731. The number of rotatable bonds is 2. The van der Waals surface area contributed by atoms with Gasteiger partial charge in [0, 0.05) is 10.7 Å². The summed E-state index contributed by atoms with van der Waals surface area (Å²) in [5, 5.41) is 10.1. The van der Waals surface area contributed by atoms with Crippen LogP contribution in [-0.2, 0) is 0 Å². The summed E-state index contributed by atoms with van der Waals surface area (Å²) in [4.78, 5) is 17.7. The van der Waals surface area contributed by atoms with Crippen molar-refractivity contribution in [1.29, 1.82) is 0 Å². The van der Waals surface area contributed by atoms with E-state index in [4.69, 9.17) is 0 Å². The van der Waals surface area contributed by atoms with Crippen molar-refractivity contribution in [3.8, 4) is 0 Å². The van der Waals surface area contributed by atoms with E-state index in [1.54, 1.807) is 23.2 Å². The lowest BCUT2D eigenvalue weighted by molar-refractivity contribution is -0.111. The van der Waals surface area contributed by atoms with Crippen LogP contribution in [0.2, 0.25) is 0 Å². The summed E-state index contributed by atoms with van der Waals surface area (Å²) in [6.45, 7) is 4.70. The maximum Gasteiger partial charge on any atom is 0.272 e. The van der Waals surface area contributed by atoms with Crippen LogP contribution in [0.3, 0.4) is 0 Å². The Morgan fingerprint density at radius 1 is 1.53 bits per heavy atom. The zero-order valence-corrected chi connectivity index (χ0v) is 11.4. The summed E-state index contributed by atoms with van der Waals surface area (Å²) in [7, 11) is 0. The summed E-state index contributed by atoms with van der Waals surface area (Å²) in [6, 6.07) is 3.47. The highest BCUT2D eigenvalue weighted by Crippen LogP contribution is 2.29. The molecular weight excluding hydrogens is 284 g/mol. The molecule has 0 unspecified atom stereocenters. The zero-order valence-electron chi connectivity index (χ0n) is 9.85. The first-order valence-corrected chi connectivity index (χ1v) is 6.35. The molecule has 1 aromatic rings. The molecule has 0 aliphatic carbocycles. The van der Waals surface area contributed by atoms with Crippen LogP contribution in [0.25, 0.3) is 0 Å². The standard InChI is InChI=1S/C12H15BrN2O2/c1-8(2)12(17)6-15(7-12)11(16)10-4-3-9(13)5-14-10/h3-5,8,17H,6-7H2,1-2H3. The second-order valence-corrected chi connectivity index (χ2v) is 5.70. The van der Waals surface area contributed by atoms with Gasteiger partial charge in [0.25, 0.3) is 5.91 Å². The molecule has 1 saturated heterocycles. The number of hydrogen-bond donors (Lipinski definition) is 1. The average Bonchev–Trinajstić information content (AvgIpc) is 2.24. The number of carbonyl (C=O) groups excluding carboxylic acids is 1. The summed E-state index contributed by atoms with van der Waals surface area (Å²) in [5.41, 5.74) is -0.315. The molecule has 92 valence electrons. The maximum atomic E-state index is 12.0. The molecular formula is C12H15BrN2O2. The molecule has 4 nitrogen and oxygen atoms in total. The highest BCUT2D eigenvalue weighted by atomic mass is 79.9. The van der Waals surface area contributed by atoms with Crippen LogP contribution in [0.1, 0.15) is 24.3 Å². The quantitative estimate of drug-likeness (QED) is 0.904. The number of aliphatic hydroxyl groups is 1. The lowest BCUT2D eigenvalue weighted by Gasteiger charge is -2.48. The van der Waals surface area contributed by atoms with Gasteiger partial charge in [-0.05, 0) is 34.0 Å². The molecule has 1 amide bonds. The Morgan fingerprint density at radius 2 is 2.18 bits per heavy atom. The average molecular weight is 299 g/mol. The van der Waals surface area contributed by atoms with E-state index in [9.17, 15) is 9.90 Å². The molecule has 2 heterocycles. The SMILES string of the molecule is CC(C)C1(O)CN(C(=O)c2ccc(Br)cn2)C1. The Balaban J connectivity index is 2.02. The number of amides is 1. The normalized spacial score (nSPS) is 18.1. The third-order valence-electron chi connectivity index (χ3n) is 3.24. The van der Waals surface area contributed by atoms with Gasteiger partial charge in [-0.3, -0.25) is 4.79 Å². The predicted octanol–water partition coefficient (Wildman–Crippen LogP) is 1.69. The lowest BCUT2D eigenvalue weighted by atomic mass is 9.83. The van der Waals surface area contributed by atoms with E-state index in [0.717, 1.165) is 4.47 Å². The zero-order chi connectivity index (χ0) is 12.6. The van der Waals surface area contributed by atoms with Gasteiger partial charge in [-0.1, -0.05) is 13.8 Å². The number of halogens is 1. The first-order chi connectivity index (χ1) is 7.92. The van der Waals surface area contributed by atoms with Crippen LogP contribution in [0.15, 0.2) is 22.8 Å². The van der Waals surface area contributed by atoms with Crippen molar-refractivity contribution in [3.63, 3.8) is 0 Å². The van der Waals surface area contributed by atoms with E-state index >= 15 is 0 Å². The summed E-state index contributed by atoms with van der Waals surface area (Å²) in [5.74, 6) is 0.0345. The van der Waals surface area contributed by atoms with Crippen LogP contribution >= 0.6 is 15.9 Å². The molecule has 1 aliphatic rings. The van der Waals surface area contributed by atoms with Gasteiger partial charge in [0.05, 0.1) is 13.1 Å². The monoisotopic (exact) mass is 298 g/mol. The number of likely N-dealkylation sites (tertiary alicyclic amines) is 1. The summed E-state index contributed by atoms with van der Waals surface area (Å²) in [6.07, 6.45) is 1.60. The number of β-amino-alcohol motifs (C(OH)–C–C–N with tert-alkyl or cyclic N) is 1. The van der Waals surface area contributed by atoms with E-state index < -0.39 is 5.60 Å². The Morgan fingerprint density at radius 3 is 2.65 bits per heavy atom. The molecule has 0 atom stereocenters. The van der Waals surface area contributed by atoms with Crippen LogP contribution < -0.4 is 0 Å². The predicted molar refractivity (Wildman–Crippen MR) is 67.6 cm³/mol. The van der Waals surface area contributed by atoms with Gasteiger partial charge in [-0.2, -0.15) is 0 Å². The lowest BCUT2D eigenvalue weighted by Crippen LogP contribution is -2.66. The maximum absolute atomic E-state index is 12.0. The van der Waals surface area contributed by atoms with Crippen molar-refractivity contribution in [2.45, 2.75) is 19.4 Å². The largest absolute Gasteiger partial charge is 0.386 e. The van der Waals surface area contributed by atoms with Gasteiger partial charge < -0.3 is 10.0 Å². The summed E-state index contributed by atoms with van der Waals surface area (Å²) >= 11 is 3.27.